The van der Waals surface area contributed by atoms with Gasteiger partial charge in [-0.05, 0) is 41.9 Å². The first-order chi connectivity index (χ1) is 8.38. The number of aromatic nitrogens is 1. The molecule has 98 valence electrons. The lowest BCUT2D eigenvalue weighted by Crippen LogP contribution is -2.26. The summed E-state index contributed by atoms with van der Waals surface area (Å²) in [5, 5.41) is 0. The van der Waals surface area contributed by atoms with Crippen LogP contribution in [-0.4, -0.2) is 13.4 Å². The monoisotopic (exact) mass is 350 g/mol. The van der Waals surface area contributed by atoms with Gasteiger partial charge >= 0.3 is 0 Å². The van der Waals surface area contributed by atoms with E-state index in [-0.39, 0.29) is 4.21 Å². The van der Waals surface area contributed by atoms with Crippen molar-refractivity contribution in [2.75, 3.05) is 0 Å². The minimum Gasteiger partial charge on any atom is -0.444 e. The smallest absolute Gasteiger partial charge is 0.250 e. The Morgan fingerprint density at radius 3 is 2.72 bits per heavy atom. The van der Waals surface area contributed by atoms with Crippen LogP contribution in [0.15, 0.2) is 30.7 Å². The van der Waals surface area contributed by atoms with Gasteiger partial charge in [0, 0.05) is 0 Å². The Morgan fingerprint density at radius 2 is 2.22 bits per heavy atom. The van der Waals surface area contributed by atoms with Crippen LogP contribution in [0.1, 0.15) is 24.6 Å². The Hall–Kier alpha value is -0.700. The van der Waals surface area contributed by atoms with Crippen molar-refractivity contribution in [3.63, 3.8) is 0 Å². The van der Waals surface area contributed by atoms with E-state index in [2.05, 4.69) is 25.6 Å². The van der Waals surface area contributed by atoms with Crippen LogP contribution in [-0.2, 0) is 10.0 Å². The summed E-state index contributed by atoms with van der Waals surface area (Å²) in [6, 6.07) is 2.73. The molecule has 0 aliphatic carbocycles. The van der Waals surface area contributed by atoms with Crippen molar-refractivity contribution in [2.24, 2.45) is 0 Å². The molecule has 1 N–H and O–H groups in total. The number of nitrogens with zero attached hydrogens (tertiary/aromatic N) is 1. The average Bonchev–Trinajstić information content (AvgIpc) is 2.86. The van der Waals surface area contributed by atoms with Crippen LogP contribution in [0.25, 0.3) is 0 Å². The second-order valence-electron chi connectivity index (χ2n) is 3.71. The van der Waals surface area contributed by atoms with E-state index in [9.17, 15) is 8.42 Å². The third kappa shape index (κ3) is 3.00. The standard InChI is InChI=1S/C10H11BrN2O3S2/c1-6-5-12-10(16-6)7(2)13-18(14,15)9-4-3-8(11)17-9/h3-5,7,13H,1-2H3. The predicted octanol–water partition coefficient (Wildman–Crippen LogP) is 2.85. The minimum atomic E-state index is -3.54. The molecule has 0 amide bonds. The van der Waals surface area contributed by atoms with Gasteiger partial charge in [0.25, 0.3) is 10.0 Å². The molecule has 5 nitrogen and oxygen atoms in total. The Kier molecular flexibility index (Phi) is 3.90. The molecule has 2 rings (SSSR count). The van der Waals surface area contributed by atoms with Gasteiger partial charge in [-0.3, -0.25) is 0 Å². The van der Waals surface area contributed by atoms with E-state index in [4.69, 9.17) is 4.42 Å². The van der Waals surface area contributed by atoms with E-state index in [0.717, 1.165) is 15.1 Å². The molecule has 0 fully saturated rings. The number of sulfonamides is 1. The Morgan fingerprint density at radius 1 is 1.50 bits per heavy atom. The van der Waals surface area contributed by atoms with Crippen molar-refractivity contribution in [1.82, 2.24) is 9.71 Å². The number of aryl methyl sites for hydroxylation is 1. The van der Waals surface area contributed by atoms with Crippen molar-refractivity contribution < 1.29 is 12.8 Å². The first kappa shape index (κ1) is 13.7. The van der Waals surface area contributed by atoms with E-state index < -0.39 is 16.1 Å². The second-order valence-corrected chi connectivity index (χ2v) is 8.11. The number of halogens is 1. The molecule has 1 unspecified atom stereocenters. The highest BCUT2D eigenvalue weighted by atomic mass is 79.9. The highest BCUT2D eigenvalue weighted by Gasteiger charge is 2.22. The number of hydrogen-bond acceptors (Lipinski definition) is 5. The maximum Gasteiger partial charge on any atom is 0.250 e. The lowest BCUT2D eigenvalue weighted by atomic mass is 10.4. The highest BCUT2D eigenvalue weighted by molar-refractivity contribution is 9.11. The number of rotatable bonds is 4. The van der Waals surface area contributed by atoms with E-state index in [1.807, 2.05) is 0 Å². The van der Waals surface area contributed by atoms with Crippen molar-refractivity contribution in [3.8, 4) is 0 Å². The largest absolute Gasteiger partial charge is 0.444 e. The zero-order valence-electron chi connectivity index (χ0n) is 9.68. The highest BCUT2D eigenvalue weighted by Crippen LogP contribution is 2.27. The topological polar surface area (TPSA) is 72.2 Å². The number of oxazole rings is 1. The lowest BCUT2D eigenvalue weighted by Gasteiger charge is -2.09. The fraction of sp³-hybridized carbons (Fsp3) is 0.300. The molecular formula is C10H11BrN2O3S2. The van der Waals surface area contributed by atoms with Gasteiger partial charge in [-0.25, -0.2) is 13.4 Å². The molecule has 18 heavy (non-hydrogen) atoms. The average molecular weight is 351 g/mol. The number of thiophene rings is 1. The molecule has 0 saturated heterocycles. The number of nitrogens with one attached hydrogen (secondary N) is 1. The van der Waals surface area contributed by atoms with Crippen LogP contribution in [0.2, 0.25) is 0 Å². The normalized spacial score (nSPS) is 13.7. The van der Waals surface area contributed by atoms with E-state index in [1.165, 1.54) is 0 Å². The molecule has 8 heteroatoms. The molecule has 0 aliphatic rings. The number of hydrogen-bond donors (Lipinski definition) is 1. The quantitative estimate of drug-likeness (QED) is 0.919. The van der Waals surface area contributed by atoms with Crippen LogP contribution >= 0.6 is 27.3 Å². The first-order valence-electron chi connectivity index (χ1n) is 5.08. The molecule has 2 aromatic rings. The van der Waals surface area contributed by atoms with Crippen molar-refractivity contribution >= 4 is 37.3 Å². The summed E-state index contributed by atoms with van der Waals surface area (Å²) in [7, 11) is -3.54. The third-order valence-electron chi connectivity index (χ3n) is 2.15. The van der Waals surface area contributed by atoms with E-state index in [0.29, 0.717) is 11.7 Å². The Bertz CT molecular complexity index is 648. The molecule has 0 aromatic carbocycles. The van der Waals surface area contributed by atoms with Crippen LogP contribution in [0.3, 0.4) is 0 Å². The maximum absolute atomic E-state index is 12.0. The van der Waals surface area contributed by atoms with Crippen molar-refractivity contribution in [1.29, 1.82) is 0 Å². The zero-order valence-corrected chi connectivity index (χ0v) is 12.9. The molecule has 0 spiro atoms. The fourth-order valence-corrected chi connectivity index (χ4v) is 4.58. The van der Waals surface area contributed by atoms with Crippen molar-refractivity contribution in [2.45, 2.75) is 24.1 Å². The molecule has 2 aromatic heterocycles. The molecular weight excluding hydrogens is 340 g/mol. The SMILES string of the molecule is Cc1cnc(C(C)NS(=O)(=O)c2ccc(Br)s2)o1. The van der Waals surface area contributed by atoms with Crippen LogP contribution in [0.5, 0.6) is 0 Å². The Labute approximate surface area is 117 Å². The molecule has 0 saturated carbocycles. The molecule has 0 bridgehead atoms. The van der Waals surface area contributed by atoms with Crippen LogP contribution in [0, 0.1) is 6.92 Å². The summed E-state index contributed by atoms with van der Waals surface area (Å²) in [6.07, 6.45) is 1.56. The third-order valence-corrected chi connectivity index (χ3v) is 5.81. The predicted molar refractivity (Wildman–Crippen MR) is 72.0 cm³/mol. The summed E-state index contributed by atoms with van der Waals surface area (Å²) in [4.78, 5) is 4.00. The summed E-state index contributed by atoms with van der Waals surface area (Å²) in [6.45, 7) is 3.44. The molecule has 0 aliphatic heterocycles. The fourth-order valence-electron chi connectivity index (χ4n) is 1.36. The molecule has 2 heterocycles. The zero-order chi connectivity index (χ0) is 13.3. The first-order valence-corrected chi connectivity index (χ1v) is 8.18. The van der Waals surface area contributed by atoms with Gasteiger partial charge in [-0.1, -0.05) is 0 Å². The van der Waals surface area contributed by atoms with Gasteiger partial charge in [-0.15, -0.1) is 11.3 Å². The Balaban J connectivity index is 2.18. The van der Waals surface area contributed by atoms with Gasteiger partial charge in [0.1, 0.15) is 9.97 Å². The van der Waals surface area contributed by atoms with Crippen molar-refractivity contribution in [3.05, 3.63) is 33.8 Å². The van der Waals surface area contributed by atoms with Crippen LogP contribution < -0.4 is 4.72 Å². The molecule has 1 atom stereocenters. The van der Waals surface area contributed by atoms with Gasteiger partial charge in [0.05, 0.1) is 16.0 Å². The lowest BCUT2D eigenvalue weighted by molar-refractivity contribution is 0.428. The summed E-state index contributed by atoms with van der Waals surface area (Å²) < 4.78 is 32.9. The van der Waals surface area contributed by atoms with Gasteiger partial charge < -0.3 is 4.42 Å². The van der Waals surface area contributed by atoms with E-state index >= 15 is 0 Å². The van der Waals surface area contributed by atoms with Crippen LogP contribution in [0.4, 0.5) is 0 Å². The summed E-state index contributed by atoms with van der Waals surface area (Å²) in [5.41, 5.74) is 0. The van der Waals surface area contributed by atoms with Gasteiger partial charge in [-0.2, -0.15) is 4.72 Å². The minimum absolute atomic E-state index is 0.254. The van der Waals surface area contributed by atoms with Gasteiger partial charge in [0.15, 0.2) is 0 Å². The van der Waals surface area contributed by atoms with Gasteiger partial charge in [0.2, 0.25) is 5.89 Å². The summed E-state index contributed by atoms with van der Waals surface area (Å²) >= 11 is 4.39. The van der Waals surface area contributed by atoms with E-state index in [1.54, 1.807) is 32.2 Å². The second kappa shape index (κ2) is 5.12. The molecule has 0 radical (unpaired) electrons. The summed E-state index contributed by atoms with van der Waals surface area (Å²) in [5.74, 6) is 1.00. The maximum atomic E-state index is 12.0.